The predicted molar refractivity (Wildman–Crippen MR) is 53.0 cm³/mol. The van der Waals surface area contributed by atoms with Gasteiger partial charge in [0.2, 0.25) is 4.38 Å². The van der Waals surface area contributed by atoms with Crippen molar-refractivity contribution in [2.45, 2.75) is 6.92 Å². The second-order valence-electron chi connectivity index (χ2n) is 1.63. The lowest BCUT2D eigenvalue weighted by Crippen LogP contribution is -2.06. The number of rotatable bonds is 4. The average molecular weight is 206 g/mol. The van der Waals surface area contributed by atoms with E-state index in [0.29, 0.717) is 11.0 Å². The maximum Gasteiger partial charge on any atom is 0.321 e. The summed E-state index contributed by atoms with van der Waals surface area (Å²) in [5, 5.41) is 0. The quantitative estimate of drug-likeness (QED) is 0.397. The van der Waals surface area contributed by atoms with Crippen LogP contribution >= 0.6 is 24.0 Å². The fraction of sp³-hybridized carbons (Fsp3) is 0.429. The van der Waals surface area contributed by atoms with Crippen molar-refractivity contribution in [2.75, 3.05) is 12.4 Å². The molecule has 0 rings (SSSR count). The lowest BCUT2D eigenvalue weighted by atomic mass is 10.8. The maximum absolute atomic E-state index is 10.7. The van der Waals surface area contributed by atoms with Crippen molar-refractivity contribution < 1.29 is 14.3 Å². The van der Waals surface area contributed by atoms with E-state index in [1.54, 1.807) is 0 Å². The highest BCUT2D eigenvalue weighted by molar-refractivity contribution is 8.23. The molecule has 5 heteroatoms. The van der Waals surface area contributed by atoms with Gasteiger partial charge in [-0.1, -0.05) is 18.3 Å². The van der Waals surface area contributed by atoms with Gasteiger partial charge in [-0.25, -0.2) is 0 Å². The zero-order chi connectivity index (χ0) is 9.40. The minimum atomic E-state index is -0.378. The molecule has 0 N–H and O–H groups in total. The van der Waals surface area contributed by atoms with Crippen LogP contribution in [-0.2, 0) is 14.3 Å². The number of esters is 1. The molecule has 0 atom stereocenters. The molecule has 3 nitrogen and oxygen atoms in total. The molecule has 0 aliphatic carbocycles. The lowest BCUT2D eigenvalue weighted by molar-refractivity contribution is -0.134. The highest BCUT2D eigenvalue weighted by Gasteiger charge is 2.04. The number of carbonyl (C=O) groups excluding carboxylic acids is 1. The van der Waals surface area contributed by atoms with Gasteiger partial charge in [0, 0.05) is 0 Å². The Kier molecular flexibility index (Phi) is 6.79. The molecule has 0 fully saturated rings. The summed E-state index contributed by atoms with van der Waals surface area (Å²) in [6.07, 6.45) is 1.09. The Labute approximate surface area is 81.1 Å². The van der Waals surface area contributed by atoms with Crippen molar-refractivity contribution in [3.63, 3.8) is 0 Å². The Morgan fingerprint density at radius 2 is 2.42 bits per heavy atom. The van der Waals surface area contributed by atoms with Gasteiger partial charge in [0.1, 0.15) is 5.75 Å². The third-order valence-corrected chi connectivity index (χ3v) is 1.99. The van der Waals surface area contributed by atoms with Gasteiger partial charge in [-0.3, -0.25) is 4.79 Å². The number of hydrogen-bond acceptors (Lipinski definition) is 5. The van der Waals surface area contributed by atoms with E-state index in [-0.39, 0.29) is 11.7 Å². The standard InChI is InChI=1S/C7H10O3S2/c1-3-9-6(8)5-12-7(11)10-4-2/h3H,1,4-5H2,2H3. The summed E-state index contributed by atoms with van der Waals surface area (Å²) in [7, 11) is 0. The molecule has 0 unspecified atom stereocenters. The summed E-state index contributed by atoms with van der Waals surface area (Å²) in [6, 6.07) is 0. The zero-order valence-corrected chi connectivity index (χ0v) is 8.37. The normalized spacial score (nSPS) is 8.75. The minimum absolute atomic E-state index is 0.158. The average Bonchev–Trinajstić information content (AvgIpc) is 2.02. The second kappa shape index (κ2) is 7.12. The van der Waals surface area contributed by atoms with Gasteiger partial charge in [-0.15, -0.1) is 0 Å². The van der Waals surface area contributed by atoms with E-state index in [9.17, 15) is 4.79 Å². The summed E-state index contributed by atoms with van der Waals surface area (Å²) >= 11 is 5.90. The molecule has 0 bridgehead atoms. The van der Waals surface area contributed by atoms with Crippen molar-refractivity contribution >= 4 is 34.3 Å². The van der Waals surface area contributed by atoms with Gasteiger partial charge in [0.15, 0.2) is 0 Å². The Morgan fingerprint density at radius 1 is 1.75 bits per heavy atom. The lowest BCUT2D eigenvalue weighted by Gasteiger charge is -2.02. The Hall–Kier alpha value is -0.550. The van der Waals surface area contributed by atoms with Crippen molar-refractivity contribution in [1.82, 2.24) is 0 Å². The van der Waals surface area contributed by atoms with Crippen LogP contribution in [0.1, 0.15) is 6.92 Å². The number of hydrogen-bond donors (Lipinski definition) is 0. The van der Waals surface area contributed by atoms with Crippen LogP contribution in [0.15, 0.2) is 12.8 Å². The summed E-state index contributed by atoms with van der Waals surface area (Å²) in [5.41, 5.74) is 0. The van der Waals surface area contributed by atoms with E-state index in [1.165, 1.54) is 0 Å². The van der Waals surface area contributed by atoms with E-state index < -0.39 is 0 Å². The minimum Gasteiger partial charge on any atom is -0.479 e. The third kappa shape index (κ3) is 6.18. The largest absolute Gasteiger partial charge is 0.479 e. The van der Waals surface area contributed by atoms with Crippen molar-refractivity contribution in [3.8, 4) is 0 Å². The van der Waals surface area contributed by atoms with E-state index in [1.807, 2.05) is 6.92 Å². The van der Waals surface area contributed by atoms with E-state index in [0.717, 1.165) is 18.0 Å². The van der Waals surface area contributed by atoms with Gasteiger partial charge in [0.05, 0.1) is 12.9 Å². The monoisotopic (exact) mass is 206 g/mol. The van der Waals surface area contributed by atoms with Crippen LogP contribution in [-0.4, -0.2) is 22.7 Å². The number of thiocarbonyl (C=S) groups is 1. The molecule has 0 aromatic rings. The SMILES string of the molecule is C=COC(=O)CSC(=S)OCC. The third-order valence-electron chi connectivity index (χ3n) is 0.785. The van der Waals surface area contributed by atoms with Crippen LogP contribution in [0.25, 0.3) is 0 Å². The molecule has 0 amide bonds. The predicted octanol–water partition coefficient (Wildman–Crippen LogP) is 1.73. The molecule has 0 saturated carbocycles. The summed E-state index contributed by atoms with van der Waals surface area (Å²) < 4.78 is 9.75. The second-order valence-corrected chi connectivity index (χ2v) is 3.21. The first-order valence-corrected chi connectivity index (χ1v) is 4.70. The number of ether oxygens (including phenoxy) is 2. The fourth-order valence-electron chi connectivity index (χ4n) is 0.404. The van der Waals surface area contributed by atoms with Crippen molar-refractivity contribution in [2.24, 2.45) is 0 Å². The van der Waals surface area contributed by atoms with Gasteiger partial charge < -0.3 is 9.47 Å². The Morgan fingerprint density at radius 3 is 2.92 bits per heavy atom. The van der Waals surface area contributed by atoms with Crippen molar-refractivity contribution in [3.05, 3.63) is 12.8 Å². The van der Waals surface area contributed by atoms with Gasteiger partial charge in [-0.05, 0) is 19.1 Å². The van der Waals surface area contributed by atoms with E-state index >= 15 is 0 Å². The summed E-state index contributed by atoms with van der Waals surface area (Å²) in [5.74, 6) is -0.220. The summed E-state index contributed by atoms with van der Waals surface area (Å²) in [4.78, 5) is 10.7. The summed E-state index contributed by atoms with van der Waals surface area (Å²) in [6.45, 7) is 5.59. The first kappa shape index (κ1) is 11.4. The molecule has 0 aromatic heterocycles. The molecule has 0 radical (unpaired) electrons. The van der Waals surface area contributed by atoms with Crippen LogP contribution in [0.2, 0.25) is 0 Å². The molecular formula is C7H10O3S2. The van der Waals surface area contributed by atoms with Crippen LogP contribution < -0.4 is 0 Å². The molecule has 12 heavy (non-hydrogen) atoms. The Balaban J connectivity index is 3.46. The number of thioether (sulfide) groups is 1. The van der Waals surface area contributed by atoms with Crippen LogP contribution in [0.5, 0.6) is 0 Å². The molecule has 0 aliphatic heterocycles. The first-order valence-electron chi connectivity index (χ1n) is 3.30. The molecule has 0 aromatic carbocycles. The van der Waals surface area contributed by atoms with Crippen LogP contribution in [0.4, 0.5) is 0 Å². The molecule has 68 valence electrons. The zero-order valence-electron chi connectivity index (χ0n) is 6.74. The van der Waals surface area contributed by atoms with E-state index in [4.69, 9.17) is 17.0 Å². The molecule has 0 saturated heterocycles. The fourth-order valence-corrected chi connectivity index (χ4v) is 1.20. The Bertz CT molecular complexity index is 179. The van der Waals surface area contributed by atoms with Crippen LogP contribution in [0.3, 0.4) is 0 Å². The van der Waals surface area contributed by atoms with E-state index in [2.05, 4.69) is 11.3 Å². The molecule has 0 aliphatic rings. The van der Waals surface area contributed by atoms with Gasteiger partial charge in [-0.2, -0.15) is 0 Å². The van der Waals surface area contributed by atoms with Gasteiger partial charge >= 0.3 is 5.97 Å². The number of carbonyl (C=O) groups is 1. The molecule has 0 heterocycles. The highest BCUT2D eigenvalue weighted by Crippen LogP contribution is 2.05. The molecular weight excluding hydrogens is 196 g/mol. The first-order chi connectivity index (χ1) is 5.70. The topological polar surface area (TPSA) is 35.5 Å². The van der Waals surface area contributed by atoms with Crippen molar-refractivity contribution in [1.29, 1.82) is 0 Å². The smallest absolute Gasteiger partial charge is 0.321 e. The molecule has 0 spiro atoms. The van der Waals surface area contributed by atoms with Crippen LogP contribution in [0, 0.1) is 0 Å². The maximum atomic E-state index is 10.7. The van der Waals surface area contributed by atoms with Gasteiger partial charge in [0.25, 0.3) is 0 Å². The highest BCUT2D eigenvalue weighted by atomic mass is 32.2.